The Kier molecular flexibility index (Phi) is 3.88. The molecule has 2 saturated heterocycles. The van der Waals surface area contributed by atoms with E-state index in [1.807, 2.05) is 6.07 Å². The number of rotatable bonds is 4. The summed E-state index contributed by atoms with van der Waals surface area (Å²) in [7, 11) is 2.19. The fourth-order valence-corrected chi connectivity index (χ4v) is 3.84. The number of fused-ring (bicyclic) bond motifs is 2. The standard InChI is InChI=1S/C17H22FNO/c1-19-15-6-7-16(19)11-13(10-15)17(20)8-5-12-3-2-4-14(18)9-12/h2-4,9,13,15-16H,5-8,10-11H2,1H3. The van der Waals surface area contributed by atoms with Crippen LogP contribution in [0.25, 0.3) is 0 Å². The lowest BCUT2D eigenvalue weighted by atomic mass is 9.85. The fraction of sp³-hybridized carbons (Fsp3) is 0.588. The molecule has 2 nitrogen and oxygen atoms in total. The second-order valence-electron chi connectivity index (χ2n) is 6.32. The maximum atomic E-state index is 13.1. The summed E-state index contributed by atoms with van der Waals surface area (Å²) >= 11 is 0. The minimum absolute atomic E-state index is 0.215. The molecule has 0 N–H and O–H groups in total. The second-order valence-corrected chi connectivity index (χ2v) is 6.32. The van der Waals surface area contributed by atoms with Crippen LogP contribution in [0.3, 0.4) is 0 Å². The second kappa shape index (κ2) is 5.65. The van der Waals surface area contributed by atoms with Crippen LogP contribution in [-0.2, 0) is 11.2 Å². The normalized spacial score (nSPS) is 29.6. The molecule has 2 heterocycles. The van der Waals surface area contributed by atoms with Crippen LogP contribution in [-0.4, -0.2) is 29.8 Å². The number of aryl methyl sites for hydroxylation is 1. The molecule has 0 spiro atoms. The van der Waals surface area contributed by atoms with Crippen LogP contribution in [0, 0.1) is 11.7 Å². The number of carbonyl (C=O) groups is 1. The zero-order valence-electron chi connectivity index (χ0n) is 12.0. The van der Waals surface area contributed by atoms with Crippen LogP contribution in [0.4, 0.5) is 4.39 Å². The monoisotopic (exact) mass is 275 g/mol. The molecule has 108 valence electrons. The van der Waals surface area contributed by atoms with Gasteiger partial charge in [-0.15, -0.1) is 0 Å². The summed E-state index contributed by atoms with van der Waals surface area (Å²) < 4.78 is 13.1. The number of hydrogen-bond acceptors (Lipinski definition) is 2. The first-order valence-electron chi connectivity index (χ1n) is 7.62. The third-order valence-electron chi connectivity index (χ3n) is 5.10. The van der Waals surface area contributed by atoms with E-state index >= 15 is 0 Å². The largest absolute Gasteiger partial charge is 0.300 e. The number of hydrogen-bond donors (Lipinski definition) is 0. The fourth-order valence-electron chi connectivity index (χ4n) is 3.84. The van der Waals surface area contributed by atoms with Crippen molar-refractivity contribution < 1.29 is 9.18 Å². The van der Waals surface area contributed by atoms with E-state index in [0.29, 0.717) is 30.7 Å². The summed E-state index contributed by atoms with van der Waals surface area (Å²) in [6, 6.07) is 7.80. The number of nitrogens with zero attached hydrogens (tertiary/aromatic N) is 1. The van der Waals surface area contributed by atoms with Crippen molar-refractivity contribution in [3.8, 4) is 0 Å². The van der Waals surface area contributed by atoms with Gasteiger partial charge in [0.1, 0.15) is 11.6 Å². The molecule has 0 amide bonds. The Labute approximate surface area is 120 Å². The Bertz CT molecular complexity index is 488. The highest BCUT2D eigenvalue weighted by Gasteiger charge is 2.40. The Hall–Kier alpha value is -1.22. The number of ketones is 1. The molecule has 3 rings (SSSR count). The average molecular weight is 275 g/mol. The zero-order chi connectivity index (χ0) is 14.1. The first kappa shape index (κ1) is 13.7. The van der Waals surface area contributed by atoms with Gasteiger partial charge in [-0.25, -0.2) is 4.39 Å². The lowest BCUT2D eigenvalue weighted by molar-refractivity contribution is -0.125. The highest BCUT2D eigenvalue weighted by atomic mass is 19.1. The predicted molar refractivity (Wildman–Crippen MR) is 77.0 cm³/mol. The molecule has 3 heteroatoms. The summed E-state index contributed by atoms with van der Waals surface area (Å²) in [4.78, 5) is 14.8. The Morgan fingerprint density at radius 1 is 1.30 bits per heavy atom. The van der Waals surface area contributed by atoms with Crippen LogP contribution in [0.1, 0.15) is 37.7 Å². The smallest absolute Gasteiger partial charge is 0.136 e. The molecule has 2 unspecified atom stereocenters. The SMILES string of the molecule is CN1C2CCC1CC(C(=O)CCc1cccc(F)c1)C2. The summed E-state index contributed by atoms with van der Waals surface area (Å²) in [6.07, 6.45) is 5.75. The number of Topliss-reactive ketones (excluding diaryl/α,β-unsaturated/α-hetero) is 1. The minimum atomic E-state index is -0.215. The lowest BCUT2D eigenvalue weighted by Gasteiger charge is -2.35. The number of carbonyl (C=O) groups excluding carboxylic acids is 1. The molecule has 0 radical (unpaired) electrons. The third kappa shape index (κ3) is 2.78. The van der Waals surface area contributed by atoms with Gasteiger partial charge in [-0.1, -0.05) is 12.1 Å². The highest BCUT2D eigenvalue weighted by Crippen LogP contribution is 2.38. The van der Waals surface area contributed by atoms with Gasteiger partial charge in [-0.3, -0.25) is 4.79 Å². The topological polar surface area (TPSA) is 20.3 Å². The first-order valence-corrected chi connectivity index (χ1v) is 7.62. The van der Waals surface area contributed by atoms with Gasteiger partial charge < -0.3 is 4.90 Å². The summed E-state index contributed by atoms with van der Waals surface area (Å²) in [6.45, 7) is 0. The molecule has 0 saturated carbocycles. The van der Waals surface area contributed by atoms with Crippen molar-refractivity contribution in [2.75, 3.05) is 7.05 Å². The summed E-state index contributed by atoms with van der Waals surface area (Å²) in [5.41, 5.74) is 0.925. The van der Waals surface area contributed by atoms with E-state index in [0.717, 1.165) is 18.4 Å². The van der Waals surface area contributed by atoms with E-state index in [1.165, 1.54) is 25.0 Å². The van der Waals surface area contributed by atoms with Gasteiger partial charge >= 0.3 is 0 Å². The van der Waals surface area contributed by atoms with Crippen LogP contribution < -0.4 is 0 Å². The predicted octanol–water partition coefficient (Wildman–Crippen LogP) is 3.20. The first-order chi connectivity index (χ1) is 9.63. The Morgan fingerprint density at radius 3 is 2.65 bits per heavy atom. The van der Waals surface area contributed by atoms with Gasteiger partial charge in [0, 0.05) is 24.4 Å². The van der Waals surface area contributed by atoms with Gasteiger partial charge in [-0.2, -0.15) is 0 Å². The molecule has 2 aliphatic heterocycles. The van der Waals surface area contributed by atoms with Gasteiger partial charge in [-0.05, 0) is 56.8 Å². The lowest BCUT2D eigenvalue weighted by Crippen LogP contribution is -2.42. The van der Waals surface area contributed by atoms with E-state index in [2.05, 4.69) is 11.9 Å². The van der Waals surface area contributed by atoms with Crippen molar-refractivity contribution >= 4 is 5.78 Å². The molecule has 2 aliphatic rings. The Balaban J connectivity index is 1.55. The molecule has 0 aromatic heterocycles. The van der Waals surface area contributed by atoms with Crippen molar-refractivity contribution in [3.63, 3.8) is 0 Å². The van der Waals surface area contributed by atoms with E-state index in [9.17, 15) is 9.18 Å². The van der Waals surface area contributed by atoms with E-state index in [4.69, 9.17) is 0 Å². The molecule has 1 aromatic carbocycles. The highest BCUT2D eigenvalue weighted by molar-refractivity contribution is 5.81. The quantitative estimate of drug-likeness (QED) is 0.841. The van der Waals surface area contributed by atoms with Crippen molar-refractivity contribution in [2.45, 2.75) is 50.6 Å². The number of benzene rings is 1. The van der Waals surface area contributed by atoms with Crippen molar-refractivity contribution in [2.24, 2.45) is 5.92 Å². The van der Waals surface area contributed by atoms with Crippen molar-refractivity contribution in [1.29, 1.82) is 0 Å². The number of halogens is 1. The van der Waals surface area contributed by atoms with E-state index in [-0.39, 0.29) is 11.7 Å². The molecular weight excluding hydrogens is 253 g/mol. The summed E-state index contributed by atoms with van der Waals surface area (Å²) in [5.74, 6) is 0.392. The molecule has 1 aromatic rings. The van der Waals surface area contributed by atoms with Crippen LogP contribution >= 0.6 is 0 Å². The van der Waals surface area contributed by atoms with Gasteiger partial charge in [0.25, 0.3) is 0 Å². The van der Waals surface area contributed by atoms with Crippen LogP contribution in [0.2, 0.25) is 0 Å². The molecule has 2 bridgehead atoms. The van der Waals surface area contributed by atoms with Gasteiger partial charge in [0.2, 0.25) is 0 Å². The Morgan fingerprint density at radius 2 is 2.00 bits per heavy atom. The molecule has 2 fully saturated rings. The van der Waals surface area contributed by atoms with E-state index < -0.39 is 0 Å². The molecule has 0 aliphatic carbocycles. The maximum absolute atomic E-state index is 13.1. The van der Waals surface area contributed by atoms with Crippen molar-refractivity contribution in [3.05, 3.63) is 35.6 Å². The van der Waals surface area contributed by atoms with Gasteiger partial charge in [0.05, 0.1) is 0 Å². The third-order valence-corrected chi connectivity index (χ3v) is 5.10. The molecule has 20 heavy (non-hydrogen) atoms. The molecule has 2 atom stereocenters. The minimum Gasteiger partial charge on any atom is -0.300 e. The van der Waals surface area contributed by atoms with Crippen molar-refractivity contribution in [1.82, 2.24) is 4.90 Å². The maximum Gasteiger partial charge on any atom is 0.136 e. The van der Waals surface area contributed by atoms with Crippen LogP contribution in [0.5, 0.6) is 0 Å². The van der Waals surface area contributed by atoms with Crippen LogP contribution in [0.15, 0.2) is 24.3 Å². The summed E-state index contributed by atoms with van der Waals surface area (Å²) in [5, 5.41) is 0. The van der Waals surface area contributed by atoms with E-state index in [1.54, 1.807) is 6.07 Å². The zero-order valence-corrected chi connectivity index (χ0v) is 12.0. The van der Waals surface area contributed by atoms with Gasteiger partial charge in [0.15, 0.2) is 0 Å². The molecular formula is C17H22FNO. The number of piperidine rings is 1. The average Bonchev–Trinajstić information content (AvgIpc) is 2.66.